The van der Waals surface area contributed by atoms with Crippen LogP contribution in [0.2, 0.25) is 0 Å². The minimum Gasteiger partial charge on any atom is -0.746 e. The van der Waals surface area contributed by atoms with Crippen LogP contribution in [0.3, 0.4) is 0 Å². The van der Waals surface area contributed by atoms with Gasteiger partial charge in [-0.2, -0.15) is 0 Å². The van der Waals surface area contributed by atoms with Gasteiger partial charge in [-0.05, 0) is 16.5 Å². The minimum atomic E-state index is -4.70. The van der Waals surface area contributed by atoms with E-state index in [9.17, 15) is 18.1 Å². The molecule has 1 rings (SSSR count). The van der Waals surface area contributed by atoms with Gasteiger partial charge in [-0.15, -0.1) is 0 Å². The number of rotatable bonds is 2. The predicted octanol–water partition coefficient (Wildman–Crippen LogP) is -1.48. The Morgan fingerprint density at radius 2 is 1.59 bits per heavy atom. The molecule has 0 amide bonds. The molecular weight excluding hydrogens is 251 g/mol. The molecule has 6 heteroatoms. The molecule has 0 aliphatic heterocycles. The number of aliphatic hydroxyl groups excluding tert-OH is 1. The summed E-state index contributed by atoms with van der Waals surface area (Å²) in [6, 6.07) is 6.34. The van der Waals surface area contributed by atoms with E-state index in [0.29, 0.717) is 0 Å². The van der Waals surface area contributed by atoms with Crippen molar-refractivity contribution in [3.05, 3.63) is 35.4 Å². The molecule has 0 saturated carbocycles. The summed E-state index contributed by atoms with van der Waals surface area (Å²) < 4.78 is 31.8. The fourth-order valence-corrected chi connectivity index (χ4v) is 1.80. The minimum absolute atomic E-state index is 0. The summed E-state index contributed by atoms with van der Waals surface area (Å²) in [4.78, 5) is 0. The maximum atomic E-state index is 10.6. The molecule has 1 unspecified atom stereocenters. The summed E-state index contributed by atoms with van der Waals surface area (Å²) in [6.45, 7) is 6.05. The van der Waals surface area contributed by atoms with Gasteiger partial charge in [0.05, 0.1) is 0 Å². The van der Waals surface area contributed by atoms with Crippen LogP contribution in [0.15, 0.2) is 24.3 Å². The molecule has 0 radical (unpaired) electrons. The van der Waals surface area contributed by atoms with Crippen LogP contribution in [0, 0.1) is 0 Å². The van der Waals surface area contributed by atoms with Crippen molar-refractivity contribution in [3.8, 4) is 0 Å². The molecule has 0 aliphatic carbocycles. The van der Waals surface area contributed by atoms with E-state index in [4.69, 9.17) is 0 Å². The molecule has 1 aromatic carbocycles. The van der Waals surface area contributed by atoms with Crippen molar-refractivity contribution < 1.29 is 47.6 Å². The van der Waals surface area contributed by atoms with Gasteiger partial charge < -0.3 is 9.66 Å². The Bertz CT molecular complexity index is 459. The van der Waals surface area contributed by atoms with Crippen LogP contribution in [0.5, 0.6) is 0 Å². The summed E-state index contributed by atoms with van der Waals surface area (Å²) >= 11 is 0. The van der Waals surface area contributed by atoms with Crippen molar-refractivity contribution in [2.75, 3.05) is 0 Å². The summed E-state index contributed by atoms with van der Waals surface area (Å²) in [5, 5.41) is 9.25. The molecule has 90 valence electrons. The third-order valence-electron chi connectivity index (χ3n) is 2.34. The number of benzene rings is 1. The fourth-order valence-electron chi connectivity index (χ4n) is 1.31. The summed E-state index contributed by atoms with van der Waals surface area (Å²) in [7, 11) is -4.70. The largest absolute Gasteiger partial charge is 1.00 e. The normalized spacial score (nSPS) is 13.9. The standard InChI is InChI=1S/C11H16O4S.Na/c1-11(2,3)9-6-4-8(5-7-9)10(12)16(13,14)15;/h4-7,10,12H,1-3H3,(H,13,14,15);/q;+1/p-1. The van der Waals surface area contributed by atoms with E-state index in [1.165, 1.54) is 12.1 Å². The van der Waals surface area contributed by atoms with Crippen LogP contribution in [0.4, 0.5) is 0 Å². The smallest absolute Gasteiger partial charge is 0.746 e. The Labute approximate surface area is 124 Å². The second kappa shape index (κ2) is 5.82. The molecule has 1 atom stereocenters. The molecule has 0 aromatic heterocycles. The van der Waals surface area contributed by atoms with Gasteiger partial charge in [-0.1, -0.05) is 45.0 Å². The second-order valence-electron chi connectivity index (χ2n) is 4.72. The summed E-state index contributed by atoms with van der Waals surface area (Å²) in [5.74, 6) is 0. The van der Waals surface area contributed by atoms with E-state index in [2.05, 4.69) is 0 Å². The van der Waals surface area contributed by atoms with Gasteiger partial charge in [0.15, 0.2) is 5.44 Å². The molecule has 0 saturated heterocycles. The number of hydrogen-bond donors (Lipinski definition) is 1. The molecule has 1 aromatic rings. The Hall–Kier alpha value is 0.0900. The molecular formula is C11H15NaO4S. The third-order valence-corrected chi connectivity index (χ3v) is 3.15. The Balaban J connectivity index is 0.00000256. The van der Waals surface area contributed by atoms with Crippen LogP contribution in [0.25, 0.3) is 0 Å². The van der Waals surface area contributed by atoms with Crippen molar-refractivity contribution in [2.24, 2.45) is 0 Å². The van der Waals surface area contributed by atoms with Crippen LogP contribution >= 0.6 is 0 Å². The zero-order valence-electron chi connectivity index (χ0n) is 10.5. The van der Waals surface area contributed by atoms with E-state index in [0.717, 1.165) is 5.56 Å². The van der Waals surface area contributed by atoms with Gasteiger partial charge in [0.1, 0.15) is 10.1 Å². The first kappa shape index (κ1) is 17.1. The van der Waals surface area contributed by atoms with Gasteiger partial charge in [-0.3, -0.25) is 0 Å². The Kier molecular flexibility index (Phi) is 5.85. The van der Waals surface area contributed by atoms with Gasteiger partial charge in [0.25, 0.3) is 0 Å². The number of aliphatic hydroxyl groups is 1. The molecule has 0 fully saturated rings. The van der Waals surface area contributed by atoms with E-state index in [1.54, 1.807) is 12.1 Å². The van der Waals surface area contributed by atoms with Crippen molar-refractivity contribution in [1.82, 2.24) is 0 Å². The first-order valence-electron chi connectivity index (χ1n) is 4.85. The van der Waals surface area contributed by atoms with Crippen LogP contribution in [0.1, 0.15) is 37.3 Å². The third kappa shape index (κ3) is 4.69. The molecule has 4 nitrogen and oxygen atoms in total. The van der Waals surface area contributed by atoms with Crippen molar-refractivity contribution in [1.29, 1.82) is 0 Å². The monoisotopic (exact) mass is 266 g/mol. The first-order chi connectivity index (χ1) is 7.12. The van der Waals surface area contributed by atoms with Gasteiger partial charge in [0.2, 0.25) is 0 Å². The molecule has 17 heavy (non-hydrogen) atoms. The summed E-state index contributed by atoms with van der Waals surface area (Å²) in [5.41, 5.74) is -0.934. The topological polar surface area (TPSA) is 77.4 Å². The Morgan fingerprint density at radius 1 is 1.18 bits per heavy atom. The molecule has 0 aliphatic rings. The number of hydrogen-bond acceptors (Lipinski definition) is 4. The SMILES string of the molecule is CC(C)(C)c1ccc(C(O)S(=O)(=O)[O-])cc1.[Na+]. The zero-order chi connectivity index (χ0) is 12.6. The van der Waals surface area contributed by atoms with E-state index >= 15 is 0 Å². The zero-order valence-corrected chi connectivity index (χ0v) is 13.3. The van der Waals surface area contributed by atoms with E-state index < -0.39 is 15.6 Å². The van der Waals surface area contributed by atoms with E-state index in [-0.39, 0.29) is 40.5 Å². The van der Waals surface area contributed by atoms with E-state index in [1.807, 2.05) is 20.8 Å². The average Bonchev–Trinajstić information content (AvgIpc) is 2.14. The molecule has 0 bridgehead atoms. The molecule has 1 N–H and O–H groups in total. The Morgan fingerprint density at radius 3 is 1.88 bits per heavy atom. The quantitative estimate of drug-likeness (QED) is 0.523. The van der Waals surface area contributed by atoms with Gasteiger partial charge >= 0.3 is 29.6 Å². The van der Waals surface area contributed by atoms with Crippen LogP contribution in [-0.4, -0.2) is 18.1 Å². The van der Waals surface area contributed by atoms with Gasteiger partial charge in [-0.25, -0.2) is 8.42 Å². The fraction of sp³-hybridized carbons (Fsp3) is 0.455. The second-order valence-corrected chi connectivity index (χ2v) is 6.15. The van der Waals surface area contributed by atoms with Crippen molar-refractivity contribution in [3.63, 3.8) is 0 Å². The maximum Gasteiger partial charge on any atom is 1.00 e. The summed E-state index contributed by atoms with van der Waals surface area (Å²) in [6.07, 6.45) is 0. The average molecular weight is 266 g/mol. The first-order valence-corrected chi connectivity index (χ1v) is 6.33. The molecule has 0 heterocycles. The molecule has 0 spiro atoms. The van der Waals surface area contributed by atoms with Crippen LogP contribution < -0.4 is 29.6 Å². The predicted molar refractivity (Wildman–Crippen MR) is 59.8 cm³/mol. The maximum absolute atomic E-state index is 10.6. The van der Waals surface area contributed by atoms with Crippen molar-refractivity contribution >= 4 is 10.1 Å². The van der Waals surface area contributed by atoms with Gasteiger partial charge in [0, 0.05) is 0 Å². The van der Waals surface area contributed by atoms with Crippen LogP contribution in [-0.2, 0) is 15.5 Å². The van der Waals surface area contributed by atoms with Crippen molar-refractivity contribution in [2.45, 2.75) is 31.6 Å².